The number of rotatable bonds is 9. The standard InChI is InChI=1S/C17H25NO4/c1-4-8-22-14-7-5-6-13(10-14)11-16(19)18-15(17(20)21)9-12(2)3/h5-7,10,12,15H,4,8-9,11H2,1-3H3,(H,18,19)(H,20,21)/t15-/m1/s1. The third kappa shape index (κ3) is 6.61. The maximum Gasteiger partial charge on any atom is 0.326 e. The van der Waals surface area contributed by atoms with Gasteiger partial charge in [-0.25, -0.2) is 4.79 Å². The summed E-state index contributed by atoms with van der Waals surface area (Å²) in [5, 5.41) is 11.7. The van der Waals surface area contributed by atoms with Gasteiger partial charge in [-0.1, -0.05) is 32.9 Å². The van der Waals surface area contributed by atoms with Crippen molar-refractivity contribution in [3.63, 3.8) is 0 Å². The highest BCUT2D eigenvalue weighted by Crippen LogP contribution is 2.14. The molecule has 0 unspecified atom stereocenters. The van der Waals surface area contributed by atoms with Crippen LogP contribution in [0.1, 0.15) is 39.2 Å². The summed E-state index contributed by atoms with van der Waals surface area (Å²) < 4.78 is 5.52. The molecule has 0 fully saturated rings. The minimum Gasteiger partial charge on any atom is -0.494 e. The van der Waals surface area contributed by atoms with Gasteiger partial charge in [0.25, 0.3) is 0 Å². The van der Waals surface area contributed by atoms with E-state index in [4.69, 9.17) is 9.84 Å². The van der Waals surface area contributed by atoms with Crippen LogP contribution in [0.25, 0.3) is 0 Å². The number of amides is 1. The Kier molecular flexibility index (Phi) is 7.43. The Bertz CT molecular complexity index is 499. The highest BCUT2D eigenvalue weighted by atomic mass is 16.5. The van der Waals surface area contributed by atoms with Crippen molar-refractivity contribution in [2.24, 2.45) is 5.92 Å². The summed E-state index contributed by atoms with van der Waals surface area (Å²) in [6.45, 7) is 6.51. The van der Waals surface area contributed by atoms with Gasteiger partial charge in [0.15, 0.2) is 0 Å². The molecule has 122 valence electrons. The van der Waals surface area contributed by atoms with E-state index in [9.17, 15) is 9.59 Å². The molecule has 0 bridgehead atoms. The maximum atomic E-state index is 12.0. The molecule has 5 nitrogen and oxygen atoms in total. The van der Waals surface area contributed by atoms with Crippen LogP contribution >= 0.6 is 0 Å². The van der Waals surface area contributed by atoms with Gasteiger partial charge in [0.1, 0.15) is 11.8 Å². The van der Waals surface area contributed by atoms with E-state index in [0.717, 1.165) is 17.7 Å². The second-order valence-corrected chi connectivity index (χ2v) is 5.76. The van der Waals surface area contributed by atoms with Crippen LogP contribution in [0.5, 0.6) is 5.75 Å². The van der Waals surface area contributed by atoms with Gasteiger partial charge in [0.2, 0.25) is 5.91 Å². The zero-order valence-corrected chi connectivity index (χ0v) is 13.5. The Hall–Kier alpha value is -2.04. The number of benzene rings is 1. The number of carboxylic acids is 1. The van der Waals surface area contributed by atoms with Crippen molar-refractivity contribution in [2.45, 2.75) is 46.1 Å². The molecule has 0 aliphatic rings. The minimum atomic E-state index is -0.998. The maximum absolute atomic E-state index is 12.0. The first-order valence-corrected chi connectivity index (χ1v) is 7.66. The Balaban J connectivity index is 2.61. The number of nitrogens with one attached hydrogen (secondary N) is 1. The van der Waals surface area contributed by atoms with Crippen molar-refractivity contribution in [3.8, 4) is 5.75 Å². The van der Waals surface area contributed by atoms with Crippen LogP contribution in [0.15, 0.2) is 24.3 Å². The summed E-state index contributed by atoms with van der Waals surface area (Å²) in [6, 6.07) is 6.48. The van der Waals surface area contributed by atoms with E-state index in [-0.39, 0.29) is 18.2 Å². The molecular formula is C17H25NO4. The Morgan fingerprint density at radius 2 is 2.05 bits per heavy atom. The third-order valence-corrected chi connectivity index (χ3v) is 3.08. The summed E-state index contributed by atoms with van der Waals surface area (Å²) in [7, 11) is 0. The van der Waals surface area contributed by atoms with Crippen LogP contribution in [-0.2, 0) is 16.0 Å². The SMILES string of the molecule is CCCOc1cccc(CC(=O)N[C@H](CC(C)C)C(=O)O)c1. The van der Waals surface area contributed by atoms with Crippen LogP contribution < -0.4 is 10.1 Å². The van der Waals surface area contributed by atoms with E-state index in [0.29, 0.717) is 13.0 Å². The van der Waals surface area contributed by atoms with E-state index in [1.165, 1.54) is 0 Å². The van der Waals surface area contributed by atoms with Crippen LogP contribution in [0.4, 0.5) is 0 Å². The second kappa shape index (κ2) is 9.07. The van der Waals surface area contributed by atoms with Gasteiger partial charge in [-0.2, -0.15) is 0 Å². The molecule has 1 rings (SSSR count). The molecule has 2 N–H and O–H groups in total. The van der Waals surface area contributed by atoms with Crippen molar-refractivity contribution >= 4 is 11.9 Å². The quantitative estimate of drug-likeness (QED) is 0.735. The number of ether oxygens (including phenoxy) is 1. The average molecular weight is 307 g/mol. The van der Waals surface area contributed by atoms with Gasteiger partial charge in [0, 0.05) is 0 Å². The predicted octanol–water partition coefficient (Wildman–Crippen LogP) is 2.63. The molecule has 0 aromatic heterocycles. The van der Waals surface area contributed by atoms with Crippen molar-refractivity contribution < 1.29 is 19.4 Å². The van der Waals surface area contributed by atoms with E-state index in [2.05, 4.69) is 5.32 Å². The number of carbonyl (C=O) groups excluding carboxylic acids is 1. The largest absolute Gasteiger partial charge is 0.494 e. The highest BCUT2D eigenvalue weighted by Gasteiger charge is 2.21. The number of hydrogen-bond acceptors (Lipinski definition) is 3. The fourth-order valence-corrected chi connectivity index (χ4v) is 2.09. The topological polar surface area (TPSA) is 75.6 Å². The molecule has 0 aliphatic heterocycles. The molecule has 1 aromatic carbocycles. The fourth-order valence-electron chi connectivity index (χ4n) is 2.09. The van der Waals surface area contributed by atoms with Gasteiger partial charge < -0.3 is 15.2 Å². The van der Waals surface area contributed by atoms with Gasteiger partial charge in [-0.3, -0.25) is 4.79 Å². The number of hydrogen-bond donors (Lipinski definition) is 2. The fraction of sp³-hybridized carbons (Fsp3) is 0.529. The van der Waals surface area contributed by atoms with Gasteiger partial charge in [-0.15, -0.1) is 0 Å². The third-order valence-electron chi connectivity index (χ3n) is 3.08. The average Bonchev–Trinajstić information content (AvgIpc) is 2.44. The lowest BCUT2D eigenvalue weighted by atomic mass is 10.0. The summed E-state index contributed by atoms with van der Waals surface area (Å²) in [4.78, 5) is 23.2. The van der Waals surface area contributed by atoms with Crippen LogP contribution in [0, 0.1) is 5.92 Å². The molecule has 22 heavy (non-hydrogen) atoms. The first kappa shape index (κ1) is 18.0. The summed E-state index contributed by atoms with van der Waals surface area (Å²) in [6.07, 6.45) is 1.48. The monoisotopic (exact) mass is 307 g/mol. The molecular weight excluding hydrogens is 282 g/mol. The molecule has 1 atom stereocenters. The van der Waals surface area contributed by atoms with Gasteiger partial charge in [0.05, 0.1) is 13.0 Å². The van der Waals surface area contributed by atoms with Crippen LogP contribution in [0.3, 0.4) is 0 Å². The van der Waals surface area contributed by atoms with E-state index >= 15 is 0 Å². The molecule has 5 heteroatoms. The molecule has 1 aromatic rings. The highest BCUT2D eigenvalue weighted by molar-refractivity contribution is 5.84. The van der Waals surface area contributed by atoms with Crippen molar-refractivity contribution in [1.82, 2.24) is 5.32 Å². The van der Waals surface area contributed by atoms with Gasteiger partial charge >= 0.3 is 5.97 Å². The first-order chi connectivity index (χ1) is 10.4. The predicted molar refractivity (Wildman–Crippen MR) is 85.0 cm³/mol. The lowest BCUT2D eigenvalue weighted by Gasteiger charge is -2.16. The van der Waals surface area contributed by atoms with E-state index in [1.54, 1.807) is 0 Å². The van der Waals surface area contributed by atoms with Crippen molar-refractivity contribution in [3.05, 3.63) is 29.8 Å². The van der Waals surface area contributed by atoms with E-state index in [1.807, 2.05) is 45.0 Å². The van der Waals surface area contributed by atoms with Crippen molar-refractivity contribution in [2.75, 3.05) is 6.61 Å². The Labute approximate surface area is 131 Å². The van der Waals surface area contributed by atoms with Gasteiger partial charge in [-0.05, 0) is 36.5 Å². The lowest BCUT2D eigenvalue weighted by Crippen LogP contribution is -2.42. The Morgan fingerprint density at radius 3 is 2.64 bits per heavy atom. The normalized spacial score (nSPS) is 12.0. The zero-order chi connectivity index (χ0) is 16.5. The smallest absolute Gasteiger partial charge is 0.326 e. The zero-order valence-electron chi connectivity index (χ0n) is 13.5. The molecule has 0 heterocycles. The first-order valence-electron chi connectivity index (χ1n) is 7.66. The summed E-state index contributed by atoms with van der Waals surface area (Å²) in [5.74, 6) is -0.362. The lowest BCUT2D eigenvalue weighted by molar-refractivity contribution is -0.142. The number of carbonyl (C=O) groups is 2. The molecule has 0 saturated carbocycles. The molecule has 0 aliphatic carbocycles. The van der Waals surface area contributed by atoms with Crippen LogP contribution in [-0.4, -0.2) is 29.6 Å². The van der Waals surface area contributed by atoms with Crippen LogP contribution in [0.2, 0.25) is 0 Å². The summed E-state index contributed by atoms with van der Waals surface area (Å²) >= 11 is 0. The molecule has 0 spiro atoms. The minimum absolute atomic E-state index is 0.144. The van der Waals surface area contributed by atoms with Crippen molar-refractivity contribution in [1.29, 1.82) is 0 Å². The second-order valence-electron chi connectivity index (χ2n) is 5.76. The van der Waals surface area contributed by atoms with E-state index < -0.39 is 12.0 Å². The summed E-state index contributed by atoms with van der Waals surface area (Å²) in [5.41, 5.74) is 0.805. The Morgan fingerprint density at radius 1 is 1.32 bits per heavy atom. The molecule has 1 amide bonds. The molecule has 0 saturated heterocycles. The number of aliphatic carboxylic acids is 1. The molecule has 0 radical (unpaired) electrons. The number of carboxylic acid groups (broad SMARTS) is 1.